The Morgan fingerprint density at radius 2 is 1.52 bits per heavy atom. The van der Waals surface area contributed by atoms with Crippen molar-refractivity contribution in [2.45, 2.75) is 89.7 Å². The van der Waals surface area contributed by atoms with Gasteiger partial charge in [0, 0.05) is 13.1 Å². The minimum Gasteiger partial charge on any atom is -0.354 e. The first-order valence-corrected chi connectivity index (χ1v) is 12.0. The molecule has 1 amide bonds. The lowest BCUT2D eigenvalue weighted by atomic mass is 10.1. The van der Waals surface area contributed by atoms with Crippen molar-refractivity contribution in [1.29, 1.82) is 0 Å². The number of hydrogen-bond acceptors (Lipinski definition) is 5. The third kappa shape index (κ3) is 15.0. The molecule has 6 heteroatoms. The number of thioether (sulfide) groups is 2. The van der Waals surface area contributed by atoms with Gasteiger partial charge in [0.05, 0.1) is 4.75 Å². The van der Waals surface area contributed by atoms with Gasteiger partial charge >= 0.3 is 0 Å². The molecule has 0 saturated heterocycles. The fraction of sp³-hybridized carbons (Fsp3) is 0.895. The Morgan fingerprint density at radius 1 is 1.00 bits per heavy atom. The average molecular weight is 407 g/mol. The summed E-state index contributed by atoms with van der Waals surface area (Å²) in [6, 6.07) is 0. The second-order valence-electron chi connectivity index (χ2n) is 6.94. The molecule has 3 N–H and O–H groups in total. The molecule has 0 atom stereocenters. The topological polar surface area (TPSA) is 55.1 Å². The molecule has 0 radical (unpaired) electrons. The van der Waals surface area contributed by atoms with Crippen molar-refractivity contribution in [3.63, 3.8) is 0 Å². The van der Waals surface area contributed by atoms with E-state index in [2.05, 4.69) is 12.2 Å². The van der Waals surface area contributed by atoms with Gasteiger partial charge in [0.25, 0.3) is 0 Å². The summed E-state index contributed by atoms with van der Waals surface area (Å²) in [5.74, 6) is 1.06. The minimum absolute atomic E-state index is 0.00448. The highest BCUT2D eigenvalue weighted by molar-refractivity contribution is 8.47. The van der Waals surface area contributed by atoms with E-state index < -0.39 is 4.75 Å². The van der Waals surface area contributed by atoms with E-state index in [1.165, 1.54) is 76.0 Å². The van der Waals surface area contributed by atoms with Crippen LogP contribution >= 0.6 is 35.7 Å². The normalized spacial score (nSPS) is 11.5. The van der Waals surface area contributed by atoms with Gasteiger partial charge < -0.3 is 11.1 Å². The first-order valence-electron chi connectivity index (χ1n) is 9.78. The Bertz CT molecular complexity index is 363. The molecule has 0 aliphatic carbocycles. The summed E-state index contributed by atoms with van der Waals surface area (Å²) >= 11 is 8.62. The zero-order valence-electron chi connectivity index (χ0n) is 16.4. The van der Waals surface area contributed by atoms with Gasteiger partial charge in [0.2, 0.25) is 5.91 Å². The van der Waals surface area contributed by atoms with Crippen LogP contribution in [0.1, 0.15) is 85.0 Å². The number of rotatable bonds is 15. The SMILES string of the molecule is CCCCCCCCCCCCSC(=S)SC(C)(C)C(=O)NCCN. The van der Waals surface area contributed by atoms with Crippen LogP contribution in [0.25, 0.3) is 0 Å². The molecule has 0 aromatic heterocycles. The van der Waals surface area contributed by atoms with Gasteiger partial charge in [-0.3, -0.25) is 4.79 Å². The van der Waals surface area contributed by atoms with Crippen LogP contribution in [-0.4, -0.2) is 33.0 Å². The number of hydrogen-bond donors (Lipinski definition) is 2. The van der Waals surface area contributed by atoms with Crippen LogP contribution in [0.2, 0.25) is 0 Å². The highest BCUT2D eigenvalue weighted by Crippen LogP contribution is 2.31. The molecule has 3 nitrogen and oxygen atoms in total. The van der Waals surface area contributed by atoms with Crippen LogP contribution < -0.4 is 11.1 Å². The van der Waals surface area contributed by atoms with E-state index >= 15 is 0 Å². The van der Waals surface area contributed by atoms with Gasteiger partial charge in [-0.1, -0.05) is 88.7 Å². The predicted molar refractivity (Wildman–Crippen MR) is 121 cm³/mol. The summed E-state index contributed by atoms with van der Waals surface area (Å²) in [5, 5.41) is 2.84. The lowest BCUT2D eigenvalue weighted by Crippen LogP contribution is -2.42. The number of unbranched alkanes of at least 4 members (excludes halogenated alkanes) is 9. The highest BCUT2D eigenvalue weighted by atomic mass is 32.2. The second kappa shape index (κ2) is 16.4. The molecular weight excluding hydrogens is 368 g/mol. The van der Waals surface area contributed by atoms with Crippen LogP contribution in [0.4, 0.5) is 0 Å². The summed E-state index contributed by atoms with van der Waals surface area (Å²) < 4.78 is 0.334. The maximum Gasteiger partial charge on any atom is 0.236 e. The minimum atomic E-state index is -0.531. The van der Waals surface area contributed by atoms with Crippen molar-refractivity contribution in [2.75, 3.05) is 18.8 Å². The van der Waals surface area contributed by atoms with E-state index in [-0.39, 0.29) is 5.91 Å². The lowest BCUT2D eigenvalue weighted by molar-refractivity contribution is -0.122. The zero-order chi connectivity index (χ0) is 19.0. The molecule has 0 aliphatic heterocycles. The standard InChI is InChI=1S/C19H38N2OS3/c1-4-5-6-7-8-9-10-11-12-13-16-24-18(23)25-19(2,3)17(22)21-15-14-20/h4-16,20H2,1-3H3,(H,21,22). The second-order valence-corrected chi connectivity index (χ2v) is 10.9. The fourth-order valence-electron chi connectivity index (χ4n) is 2.43. The van der Waals surface area contributed by atoms with Gasteiger partial charge in [-0.2, -0.15) is 0 Å². The number of nitrogens with two attached hydrogens (primary N) is 1. The van der Waals surface area contributed by atoms with Crippen LogP contribution in [-0.2, 0) is 4.79 Å². The number of thiocarbonyl (C=S) groups is 1. The maximum absolute atomic E-state index is 12.1. The Balaban J connectivity index is 3.59. The van der Waals surface area contributed by atoms with Gasteiger partial charge in [-0.25, -0.2) is 0 Å². The molecule has 0 saturated carbocycles. The smallest absolute Gasteiger partial charge is 0.236 e. The van der Waals surface area contributed by atoms with Crippen molar-refractivity contribution in [1.82, 2.24) is 5.32 Å². The summed E-state index contributed by atoms with van der Waals surface area (Å²) in [5.41, 5.74) is 5.42. The Kier molecular flexibility index (Phi) is 16.5. The van der Waals surface area contributed by atoms with Crippen molar-refractivity contribution in [3.8, 4) is 0 Å². The van der Waals surface area contributed by atoms with Gasteiger partial charge in [0.15, 0.2) is 0 Å². The Labute approximate surface area is 169 Å². The third-order valence-corrected chi connectivity index (χ3v) is 6.83. The first-order chi connectivity index (χ1) is 11.9. The molecule has 0 unspecified atom stereocenters. The molecule has 0 rings (SSSR count). The van der Waals surface area contributed by atoms with Gasteiger partial charge in [0.1, 0.15) is 3.53 Å². The van der Waals surface area contributed by atoms with Crippen molar-refractivity contribution in [2.24, 2.45) is 5.73 Å². The number of nitrogens with one attached hydrogen (secondary N) is 1. The molecule has 0 aromatic carbocycles. The molecule has 25 heavy (non-hydrogen) atoms. The third-order valence-electron chi connectivity index (χ3n) is 4.03. The van der Waals surface area contributed by atoms with E-state index in [1.54, 1.807) is 11.8 Å². The molecule has 0 spiro atoms. The summed E-state index contributed by atoms with van der Waals surface area (Å²) in [6.07, 6.45) is 13.5. The molecule has 0 bridgehead atoms. The molecule has 0 aliphatic rings. The Morgan fingerprint density at radius 3 is 2.04 bits per heavy atom. The van der Waals surface area contributed by atoms with Gasteiger partial charge in [-0.15, -0.1) is 11.8 Å². The molecule has 148 valence electrons. The average Bonchev–Trinajstić information content (AvgIpc) is 2.57. The highest BCUT2D eigenvalue weighted by Gasteiger charge is 2.29. The first kappa shape index (κ1) is 25.2. The lowest BCUT2D eigenvalue weighted by Gasteiger charge is -2.22. The molecule has 0 aromatic rings. The molecular formula is C19H38N2OS3. The zero-order valence-corrected chi connectivity index (χ0v) is 18.9. The van der Waals surface area contributed by atoms with E-state index in [4.69, 9.17) is 18.0 Å². The summed E-state index contributed by atoms with van der Waals surface area (Å²) in [4.78, 5) is 12.1. The quantitative estimate of drug-likeness (QED) is 0.277. The fourth-order valence-corrected chi connectivity index (χ4v) is 5.51. The van der Waals surface area contributed by atoms with Crippen LogP contribution in [0.15, 0.2) is 0 Å². The van der Waals surface area contributed by atoms with Gasteiger partial charge in [-0.05, 0) is 26.0 Å². The molecule has 0 fully saturated rings. The van der Waals surface area contributed by atoms with Crippen LogP contribution in [0.3, 0.4) is 0 Å². The number of carbonyl (C=O) groups is 1. The number of amides is 1. The largest absolute Gasteiger partial charge is 0.354 e. The van der Waals surface area contributed by atoms with E-state index in [0.29, 0.717) is 13.1 Å². The van der Waals surface area contributed by atoms with E-state index in [9.17, 15) is 4.79 Å². The summed E-state index contributed by atoms with van der Waals surface area (Å²) in [7, 11) is 0. The predicted octanol–water partition coefficient (Wildman–Crippen LogP) is 5.51. The monoisotopic (exact) mass is 406 g/mol. The summed E-state index contributed by atoms with van der Waals surface area (Å²) in [6.45, 7) is 7.07. The van der Waals surface area contributed by atoms with Crippen molar-refractivity contribution in [3.05, 3.63) is 0 Å². The van der Waals surface area contributed by atoms with Crippen LogP contribution in [0, 0.1) is 0 Å². The van der Waals surface area contributed by atoms with Crippen molar-refractivity contribution < 1.29 is 4.79 Å². The van der Waals surface area contributed by atoms with E-state index in [0.717, 1.165) is 9.28 Å². The maximum atomic E-state index is 12.1. The van der Waals surface area contributed by atoms with E-state index in [1.807, 2.05) is 13.8 Å². The van der Waals surface area contributed by atoms with Crippen LogP contribution in [0.5, 0.6) is 0 Å². The Hall–Kier alpha value is 0.220. The van der Waals surface area contributed by atoms with Crippen molar-refractivity contribution >= 4 is 45.2 Å². The molecule has 0 heterocycles. The number of carbonyl (C=O) groups excluding carboxylic acids is 1.